The first-order valence-corrected chi connectivity index (χ1v) is 6.85. The molecule has 2 atom stereocenters. The summed E-state index contributed by atoms with van der Waals surface area (Å²) in [7, 11) is 1.57. The van der Waals surface area contributed by atoms with Crippen LogP contribution in [-0.2, 0) is 14.3 Å². The van der Waals surface area contributed by atoms with Crippen LogP contribution in [0.3, 0.4) is 0 Å². The lowest BCUT2D eigenvalue weighted by atomic mass is 10.0. The summed E-state index contributed by atoms with van der Waals surface area (Å²) in [5.74, 6) is -1.74. The Kier molecular flexibility index (Phi) is 6.27. The first-order chi connectivity index (χ1) is 9.45. The number of nitrogens with one attached hydrogen (secondary N) is 1. The summed E-state index contributed by atoms with van der Waals surface area (Å²) in [6, 6.07) is -0.683. The first-order valence-electron chi connectivity index (χ1n) is 6.85. The fourth-order valence-corrected chi connectivity index (χ4v) is 2.29. The van der Waals surface area contributed by atoms with Crippen LogP contribution < -0.4 is 5.32 Å². The number of esters is 1. The van der Waals surface area contributed by atoms with Gasteiger partial charge in [-0.1, -0.05) is 6.42 Å². The van der Waals surface area contributed by atoms with Crippen molar-refractivity contribution in [3.63, 3.8) is 0 Å². The van der Waals surface area contributed by atoms with E-state index in [2.05, 4.69) is 5.32 Å². The number of hydrogen-bond donors (Lipinski definition) is 2. The second-order valence-corrected chi connectivity index (χ2v) is 4.91. The summed E-state index contributed by atoms with van der Waals surface area (Å²) in [4.78, 5) is 35.5. The molecule has 1 fully saturated rings. The molecule has 0 aliphatic heterocycles. The summed E-state index contributed by atoms with van der Waals surface area (Å²) in [5, 5.41) is 11.8. The van der Waals surface area contributed by atoms with E-state index in [-0.39, 0.29) is 31.0 Å². The lowest BCUT2D eigenvalue weighted by Gasteiger charge is -2.23. The molecule has 1 aliphatic carbocycles. The molecule has 1 aliphatic rings. The molecule has 0 radical (unpaired) electrons. The van der Waals surface area contributed by atoms with Crippen molar-refractivity contribution in [2.45, 2.75) is 38.6 Å². The number of hydrogen-bond acceptors (Lipinski definition) is 4. The van der Waals surface area contributed by atoms with Crippen LogP contribution in [-0.4, -0.2) is 54.2 Å². The van der Waals surface area contributed by atoms with Gasteiger partial charge in [-0.2, -0.15) is 0 Å². The molecule has 2 N–H and O–H groups in total. The molecule has 0 saturated heterocycles. The number of rotatable bonds is 6. The van der Waals surface area contributed by atoms with Crippen molar-refractivity contribution in [1.82, 2.24) is 10.2 Å². The number of urea groups is 1. The van der Waals surface area contributed by atoms with Gasteiger partial charge in [0.25, 0.3) is 0 Å². The lowest BCUT2D eigenvalue weighted by molar-refractivity contribution is -0.143. The quantitative estimate of drug-likeness (QED) is 0.705. The maximum absolute atomic E-state index is 11.9. The van der Waals surface area contributed by atoms with Crippen LogP contribution >= 0.6 is 0 Å². The van der Waals surface area contributed by atoms with Crippen molar-refractivity contribution >= 4 is 18.0 Å². The van der Waals surface area contributed by atoms with Gasteiger partial charge < -0.3 is 20.1 Å². The van der Waals surface area contributed by atoms with Crippen molar-refractivity contribution in [3.05, 3.63) is 0 Å². The largest absolute Gasteiger partial charge is 0.481 e. The van der Waals surface area contributed by atoms with E-state index in [1.807, 2.05) is 0 Å². The highest BCUT2D eigenvalue weighted by molar-refractivity contribution is 5.77. The average molecular weight is 286 g/mol. The Labute approximate surface area is 118 Å². The number of carboxylic acids is 1. The highest BCUT2D eigenvalue weighted by Gasteiger charge is 2.34. The Morgan fingerprint density at radius 2 is 2.05 bits per heavy atom. The number of nitrogens with zero attached hydrogens (tertiary/aromatic N) is 1. The molecule has 0 bridgehead atoms. The molecule has 1 rings (SSSR count). The minimum atomic E-state index is -0.873. The van der Waals surface area contributed by atoms with Crippen molar-refractivity contribution < 1.29 is 24.2 Å². The van der Waals surface area contributed by atoms with E-state index in [0.717, 1.165) is 6.42 Å². The maximum atomic E-state index is 11.9. The SMILES string of the molecule is CCOC(=O)CCN(C)C(=O)NC1CCCC1C(=O)O. The highest BCUT2D eigenvalue weighted by Crippen LogP contribution is 2.25. The van der Waals surface area contributed by atoms with Gasteiger partial charge in [-0.25, -0.2) is 4.79 Å². The number of amides is 2. The van der Waals surface area contributed by atoms with Gasteiger partial charge in [-0.15, -0.1) is 0 Å². The van der Waals surface area contributed by atoms with Crippen molar-refractivity contribution in [1.29, 1.82) is 0 Å². The minimum Gasteiger partial charge on any atom is -0.481 e. The van der Waals surface area contributed by atoms with Crippen LogP contribution in [0.2, 0.25) is 0 Å². The van der Waals surface area contributed by atoms with Gasteiger partial charge in [0.1, 0.15) is 0 Å². The third-order valence-corrected chi connectivity index (χ3v) is 3.45. The van der Waals surface area contributed by atoms with Crippen molar-refractivity contribution in [2.24, 2.45) is 5.92 Å². The molecule has 20 heavy (non-hydrogen) atoms. The second-order valence-electron chi connectivity index (χ2n) is 4.91. The van der Waals surface area contributed by atoms with Crippen molar-refractivity contribution in [3.8, 4) is 0 Å². The number of carbonyl (C=O) groups is 3. The predicted octanol–water partition coefficient (Wildman–Crippen LogP) is 0.834. The molecule has 114 valence electrons. The van der Waals surface area contributed by atoms with E-state index < -0.39 is 11.9 Å². The number of ether oxygens (including phenoxy) is 1. The molecule has 1 saturated carbocycles. The Balaban J connectivity index is 2.37. The van der Waals surface area contributed by atoms with Crippen LogP contribution in [0.25, 0.3) is 0 Å². The van der Waals surface area contributed by atoms with Gasteiger partial charge in [0.05, 0.1) is 18.9 Å². The van der Waals surface area contributed by atoms with E-state index in [1.54, 1.807) is 14.0 Å². The minimum absolute atomic E-state index is 0.130. The molecule has 0 spiro atoms. The lowest BCUT2D eigenvalue weighted by Crippen LogP contribution is -2.46. The topological polar surface area (TPSA) is 95.9 Å². The monoisotopic (exact) mass is 286 g/mol. The smallest absolute Gasteiger partial charge is 0.317 e. The summed E-state index contributed by atoms with van der Waals surface area (Å²) in [6.45, 7) is 2.28. The second kappa shape index (κ2) is 7.72. The standard InChI is InChI=1S/C13H22N2O5/c1-3-20-11(16)7-8-15(2)13(19)14-10-6-4-5-9(10)12(17)18/h9-10H,3-8H2,1-2H3,(H,14,19)(H,17,18). The number of aliphatic carboxylic acids is 1. The first kappa shape index (κ1) is 16.3. The molecule has 0 heterocycles. The molecule has 0 aromatic rings. The van der Waals surface area contributed by atoms with E-state index in [9.17, 15) is 14.4 Å². The average Bonchev–Trinajstić information content (AvgIpc) is 2.84. The Morgan fingerprint density at radius 3 is 2.65 bits per heavy atom. The molecule has 0 aromatic heterocycles. The van der Waals surface area contributed by atoms with Gasteiger partial charge in [0.15, 0.2) is 0 Å². The molecule has 2 unspecified atom stereocenters. The molecule has 0 aromatic carbocycles. The van der Waals surface area contributed by atoms with Gasteiger partial charge in [-0.05, 0) is 19.8 Å². The molecule has 2 amide bonds. The fraction of sp³-hybridized carbons (Fsp3) is 0.769. The van der Waals surface area contributed by atoms with Gasteiger partial charge >= 0.3 is 18.0 Å². The van der Waals surface area contributed by atoms with Crippen LogP contribution in [0.4, 0.5) is 4.79 Å². The summed E-state index contributed by atoms with van der Waals surface area (Å²) in [6.07, 6.45) is 2.19. The number of carboxylic acid groups (broad SMARTS) is 1. The zero-order chi connectivity index (χ0) is 15.1. The van der Waals surface area contributed by atoms with E-state index in [0.29, 0.717) is 19.4 Å². The normalized spacial score (nSPS) is 21.3. The molecular weight excluding hydrogens is 264 g/mol. The zero-order valence-electron chi connectivity index (χ0n) is 11.9. The van der Waals surface area contributed by atoms with E-state index in [1.165, 1.54) is 4.90 Å². The third kappa shape index (κ3) is 4.71. The van der Waals surface area contributed by atoms with Gasteiger partial charge in [-0.3, -0.25) is 9.59 Å². The number of carbonyl (C=O) groups excluding carboxylic acids is 2. The van der Waals surface area contributed by atoms with E-state index in [4.69, 9.17) is 9.84 Å². The van der Waals surface area contributed by atoms with Gasteiger partial charge in [0, 0.05) is 19.6 Å². The Morgan fingerprint density at radius 1 is 1.35 bits per heavy atom. The molecular formula is C13H22N2O5. The summed E-state index contributed by atoms with van der Waals surface area (Å²) in [5.41, 5.74) is 0. The molecule has 7 heteroatoms. The Bertz CT molecular complexity index is 372. The van der Waals surface area contributed by atoms with Crippen LogP contribution in [0.5, 0.6) is 0 Å². The Hall–Kier alpha value is -1.79. The third-order valence-electron chi connectivity index (χ3n) is 3.45. The van der Waals surface area contributed by atoms with Crippen LogP contribution in [0.15, 0.2) is 0 Å². The van der Waals surface area contributed by atoms with E-state index >= 15 is 0 Å². The van der Waals surface area contributed by atoms with Crippen molar-refractivity contribution in [2.75, 3.05) is 20.2 Å². The zero-order valence-corrected chi connectivity index (χ0v) is 11.9. The fourth-order valence-electron chi connectivity index (χ4n) is 2.29. The molecule has 7 nitrogen and oxygen atoms in total. The van der Waals surface area contributed by atoms with Crippen LogP contribution in [0.1, 0.15) is 32.6 Å². The highest BCUT2D eigenvalue weighted by atomic mass is 16.5. The van der Waals surface area contributed by atoms with Gasteiger partial charge in [0.2, 0.25) is 0 Å². The summed E-state index contributed by atoms with van der Waals surface area (Å²) < 4.78 is 4.78. The van der Waals surface area contributed by atoms with Crippen LogP contribution in [0, 0.1) is 5.92 Å². The summed E-state index contributed by atoms with van der Waals surface area (Å²) >= 11 is 0. The predicted molar refractivity (Wildman–Crippen MR) is 71.2 cm³/mol. The maximum Gasteiger partial charge on any atom is 0.317 e.